The smallest absolute Gasteiger partial charge is 0.335 e. The molecule has 1 unspecified atom stereocenters. The van der Waals surface area contributed by atoms with Gasteiger partial charge in [-0.05, 0) is 6.92 Å². The zero-order valence-electron chi connectivity index (χ0n) is 7.49. The van der Waals surface area contributed by atoms with Gasteiger partial charge in [0, 0.05) is 6.42 Å². The van der Waals surface area contributed by atoms with Crippen LogP contribution in [-0.2, 0) is 14.4 Å². The maximum atomic E-state index is 10.7. The molecular weight excluding hydrogens is 198 g/mol. The molecule has 5 nitrogen and oxygen atoms in total. The van der Waals surface area contributed by atoms with Crippen LogP contribution in [-0.4, -0.2) is 36.1 Å². The van der Waals surface area contributed by atoms with E-state index in [-0.39, 0.29) is 11.6 Å². The van der Waals surface area contributed by atoms with Crippen molar-refractivity contribution in [3.8, 4) is 0 Å². The maximum Gasteiger partial charge on any atom is 0.335 e. The molecule has 0 aliphatic carbocycles. The van der Waals surface area contributed by atoms with Crippen LogP contribution in [0.3, 0.4) is 0 Å². The summed E-state index contributed by atoms with van der Waals surface area (Å²) in [6.45, 7) is 2.12. The topological polar surface area (TPSA) is 68.1 Å². The van der Waals surface area contributed by atoms with Gasteiger partial charge >= 0.3 is 5.97 Å². The molecule has 0 fully saturated rings. The quantitative estimate of drug-likeness (QED) is 0.407. The van der Waals surface area contributed by atoms with Gasteiger partial charge in [0.25, 0.3) is 0 Å². The Morgan fingerprint density at radius 1 is 1.69 bits per heavy atom. The lowest BCUT2D eigenvalue weighted by atomic mass is 10.3. The van der Waals surface area contributed by atoms with Crippen LogP contribution in [0.1, 0.15) is 13.3 Å². The van der Waals surface area contributed by atoms with Crippen LogP contribution in [0.5, 0.6) is 0 Å². The van der Waals surface area contributed by atoms with Gasteiger partial charge in [0.1, 0.15) is 11.8 Å². The third kappa shape index (κ3) is 5.43. The van der Waals surface area contributed by atoms with Gasteiger partial charge < -0.3 is 14.7 Å². The van der Waals surface area contributed by atoms with Crippen molar-refractivity contribution >= 4 is 22.7 Å². The first kappa shape index (κ1) is 12.2. The lowest BCUT2D eigenvalue weighted by molar-refractivity contribution is -0.149. The molecule has 0 saturated heterocycles. The zero-order chi connectivity index (χ0) is 10.3. The first-order chi connectivity index (χ1) is 6.11. The Morgan fingerprint density at radius 2 is 2.31 bits per heavy atom. The van der Waals surface area contributed by atoms with Crippen LogP contribution in [0, 0.1) is 0 Å². The highest BCUT2D eigenvalue weighted by atomic mass is 35.5. The van der Waals surface area contributed by atoms with Crippen LogP contribution in [0.25, 0.3) is 0 Å². The van der Waals surface area contributed by atoms with Gasteiger partial charge in [-0.15, -0.1) is 0 Å². The number of hydrogen-bond acceptors (Lipinski definition) is 5. The second-order valence-electron chi connectivity index (χ2n) is 2.13. The second-order valence-corrected chi connectivity index (χ2v) is 2.56. The van der Waals surface area contributed by atoms with Gasteiger partial charge in [-0.1, -0.05) is 16.8 Å². The molecule has 0 aromatic carbocycles. The molecule has 0 heterocycles. The summed E-state index contributed by atoms with van der Waals surface area (Å²) in [6, 6.07) is 0. The van der Waals surface area contributed by atoms with E-state index >= 15 is 0 Å². The average Bonchev–Trinajstić information content (AvgIpc) is 2.13. The van der Waals surface area contributed by atoms with Crippen LogP contribution < -0.4 is 0 Å². The number of ether oxygens (including phenoxy) is 1. The number of rotatable bonds is 5. The Hall–Kier alpha value is -0.810. The molecule has 0 amide bonds. The Kier molecular flexibility index (Phi) is 6.26. The van der Waals surface area contributed by atoms with Crippen molar-refractivity contribution in [1.29, 1.82) is 0 Å². The van der Waals surface area contributed by atoms with E-state index in [0.29, 0.717) is 6.61 Å². The lowest BCUT2D eigenvalue weighted by Crippen LogP contribution is -2.23. The molecule has 0 saturated carbocycles. The summed E-state index contributed by atoms with van der Waals surface area (Å²) in [5.74, 6) is -0.746. The van der Waals surface area contributed by atoms with Gasteiger partial charge in [0.05, 0.1) is 7.11 Å². The van der Waals surface area contributed by atoms with Crippen LogP contribution in [0.4, 0.5) is 0 Å². The van der Waals surface area contributed by atoms with Crippen molar-refractivity contribution in [3.05, 3.63) is 0 Å². The number of halogens is 1. The van der Waals surface area contributed by atoms with Gasteiger partial charge in [-0.3, -0.25) is 0 Å². The van der Waals surface area contributed by atoms with E-state index in [1.54, 1.807) is 6.92 Å². The molecule has 1 atom stereocenters. The van der Waals surface area contributed by atoms with Crippen molar-refractivity contribution in [3.63, 3.8) is 0 Å². The Bertz CT molecular complexity index is 195. The van der Waals surface area contributed by atoms with Gasteiger partial charge in [-0.25, -0.2) is 4.79 Å². The van der Waals surface area contributed by atoms with E-state index in [0.717, 1.165) is 0 Å². The highest BCUT2D eigenvalue weighted by molar-refractivity contribution is 6.65. The third-order valence-electron chi connectivity index (χ3n) is 1.13. The largest absolute Gasteiger partial charge is 0.467 e. The molecule has 0 aromatic rings. The minimum atomic E-state index is -1.29. The van der Waals surface area contributed by atoms with Crippen molar-refractivity contribution in [2.75, 3.05) is 13.7 Å². The Labute approximate surface area is 81.3 Å². The fraction of sp³-hybridized carbons (Fsp3) is 0.714. The minimum Gasteiger partial charge on any atom is -0.467 e. The van der Waals surface area contributed by atoms with E-state index < -0.39 is 12.1 Å². The monoisotopic (exact) mass is 209 g/mol. The van der Waals surface area contributed by atoms with E-state index in [1.807, 2.05) is 0 Å². The summed E-state index contributed by atoms with van der Waals surface area (Å²) >= 11 is 5.51. The van der Waals surface area contributed by atoms with Crippen molar-refractivity contribution < 1.29 is 19.5 Å². The van der Waals surface area contributed by atoms with Crippen molar-refractivity contribution in [1.82, 2.24) is 0 Å². The normalized spacial score (nSPS) is 13.7. The number of esters is 1. The fourth-order valence-corrected chi connectivity index (χ4v) is 0.746. The number of aliphatic hydroxyl groups excluding tert-OH is 1. The molecule has 0 rings (SSSR count). The van der Waals surface area contributed by atoms with E-state index in [4.69, 9.17) is 16.7 Å². The number of carbonyl (C=O) groups is 1. The zero-order valence-corrected chi connectivity index (χ0v) is 8.24. The molecular formula is C7H12ClNO4. The van der Waals surface area contributed by atoms with Crippen molar-refractivity contribution in [2.24, 2.45) is 5.16 Å². The van der Waals surface area contributed by atoms with Gasteiger partial charge in [0.15, 0.2) is 6.10 Å². The number of carbonyl (C=O) groups excluding carboxylic acids is 1. The molecule has 0 aliphatic heterocycles. The summed E-state index contributed by atoms with van der Waals surface area (Å²) < 4.78 is 4.27. The summed E-state index contributed by atoms with van der Waals surface area (Å²) in [7, 11) is 1.18. The average molecular weight is 210 g/mol. The summed E-state index contributed by atoms with van der Waals surface area (Å²) in [5.41, 5.74) is 0. The van der Waals surface area contributed by atoms with E-state index in [2.05, 4.69) is 14.7 Å². The van der Waals surface area contributed by atoms with Crippen LogP contribution in [0.15, 0.2) is 5.16 Å². The first-order valence-corrected chi connectivity index (χ1v) is 4.09. The Balaban J connectivity index is 3.90. The van der Waals surface area contributed by atoms with E-state index in [9.17, 15) is 4.79 Å². The predicted octanol–water partition coefficient (Wildman–Crippen LogP) is 0.499. The maximum absolute atomic E-state index is 10.7. The van der Waals surface area contributed by atoms with Crippen LogP contribution >= 0.6 is 11.6 Å². The molecule has 0 aliphatic rings. The third-order valence-corrected chi connectivity index (χ3v) is 1.35. The molecule has 1 N–H and O–H groups in total. The number of aliphatic hydroxyl groups is 1. The number of oxime groups is 1. The molecule has 0 aromatic heterocycles. The number of hydrogen-bond donors (Lipinski definition) is 1. The molecule has 6 heteroatoms. The standard InChI is InChI=1S/C7H12ClNO4/c1-3-13-9-6(8)4-5(10)7(11)12-2/h5,10H,3-4H2,1-2H3. The van der Waals surface area contributed by atoms with Gasteiger partial charge in [-0.2, -0.15) is 0 Å². The molecule has 0 spiro atoms. The van der Waals surface area contributed by atoms with Gasteiger partial charge in [0.2, 0.25) is 0 Å². The minimum absolute atomic E-state index is 0.0275. The Morgan fingerprint density at radius 3 is 2.77 bits per heavy atom. The molecule has 13 heavy (non-hydrogen) atoms. The summed E-state index contributed by atoms with van der Waals surface area (Å²) in [6.07, 6.45) is -1.39. The SMILES string of the molecule is CCON=C(Cl)CC(O)C(=O)OC. The second kappa shape index (κ2) is 6.68. The number of methoxy groups -OCH3 is 1. The lowest BCUT2D eigenvalue weighted by Gasteiger charge is -2.05. The molecule has 76 valence electrons. The highest BCUT2D eigenvalue weighted by Crippen LogP contribution is 2.01. The highest BCUT2D eigenvalue weighted by Gasteiger charge is 2.17. The predicted molar refractivity (Wildman–Crippen MR) is 47.6 cm³/mol. The first-order valence-electron chi connectivity index (χ1n) is 3.72. The van der Waals surface area contributed by atoms with Crippen molar-refractivity contribution in [2.45, 2.75) is 19.4 Å². The summed E-state index contributed by atoms with van der Waals surface area (Å²) in [5, 5.41) is 12.5. The summed E-state index contributed by atoms with van der Waals surface area (Å²) in [4.78, 5) is 15.3. The van der Waals surface area contributed by atoms with Crippen LogP contribution in [0.2, 0.25) is 0 Å². The molecule has 0 bridgehead atoms. The number of nitrogens with zero attached hydrogens (tertiary/aromatic N) is 1. The molecule has 0 radical (unpaired) electrons. The van der Waals surface area contributed by atoms with E-state index in [1.165, 1.54) is 7.11 Å². The fourth-order valence-electron chi connectivity index (χ4n) is 0.551.